The fourth-order valence-electron chi connectivity index (χ4n) is 1.31. The number of nitrogens with two attached hydrogens (primary N) is 1. The van der Waals surface area contributed by atoms with Crippen LogP contribution in [0.1, 0.15) is 6.92 Å². The summed E-state index contributed by atoms with van der Waals surface area (Å²) in [5.41, 5.74) is 6.02. The number of hydrogen-bond acceptors (Lipinski definition) is 5. The van der Waals surface area contributed by atoms with E-state index < -0.39 is 15.3 Å². The van der Waals surface area contributed by atoms with Crippen molar-refractivity contribution in [1.29, 1.82) is 0 Å². The average Bonchev–Trinajstić information content (AvgIpc) is 2.68. The van der Waals surface area contributed by atoms with Gasteiger partial charge >= 0.3 is 0 Å². The van der Waals surface area contributed by atoms with Gasteiger partial charge in [0.15, 0.2) is 5.13 Å². The van der Waals surface area contributed by atoms with Gasteiger partial charge in [-0.15, -0.1) is 0 Å². The molecule has 0 radical (unpaired) electrons. The van der Waals surface area contributed by atoms with Crippen LogP contribution in [0.5, 0.6) is 0 Å². The van der Waals surface area contributed by atoms with Gasteiger partial charge in [0.25, 0.3) is 0 Å². The molecular formula is C10H10ClN3O2S3. The highest BCUT2D eigenvalue weighted by Gasteiger charge is 2.24. The lowest BCUT2D eigenvalue weighted by Gasteiger charge is -2.10. The molecule has 1 heterocycles. The van der Waals surface area contributed by atoms with Crippen molar-refractivity contribution in [2.24, 2.45) is 5.73 Å². The molecule has 0 fully saturated rings. The number of nitrogens with one attached hydrogen (secondary N) is 1. The molecule has 1 atom stereocenters. The van der Waals surface area contributed by atoms with Crippen molar-refractivity contribution < 1.29 is 8.42 Å². The van der Waals surface area contributed by atoms with Crippen LogP contribution in [0.4, 0.5) is 5.13 Å². The highest BCUT2D eigenvalue weighted by molar-refractivity contribution is 7.95. The van der Waals surface area contributed by atoms with Gasteiger partial charge in [-0.3, -0.25) is 4.72 Å². The maximum Gasteiger partial charge on any atom is 0.243 e. The lowest BCUT2D eigenvalue weighted by Crippen LogP contribution is -2.35. The maximum absolute atomic E-state index is 11.9. The highest BCUT2D eigenvalue weighted by Crippen LogP contribution is 2.29. The first-order valence-corrected chi connectivity index (χ1v) is 8.31. The van der Waals surface area contributed by atoms with Crippen LogP contribution in [0.2, 0.25) is 5.02 Å². The molecule has 1 aromatic carbocycles. The van der Waals surface area contributed by atoms with Crippen molar-refractivity contribution in [3.8, 4) is 0 Å². The first kappa shape index (κ1) is 14.4. The summed E-state index contributed by atoms with van der Waals surface area (Å²) in [5.74, 6) is 0. The maximum atomic E-state index is 11.9. The summed E-state index contributed by atoms with van der Waals surface area (Å²) in [5, 5.41) is -0.125. The molecule has 0 aliphatic carbocycles. The number of thiazole rings is 1. The van der Waals surface area contributed by atoms with E-state index in [0.29, 0.717) is 10.5 Å². The van der Waals surface area contributed by atoms with Gasteiger partial charge in [0, 0.05) is 5.02 Å². The van der Waals surface area contributed by atoms with Gasteiger partial charge in [-0.05, 0) is 25.1 Å². The largest absolute Gasteiger partial charge is 0.392 e. The predicted octanol–water partition coefficient (Wildman–Crippen LogP) is 2.37. The van der Waals surface area contributed by atoms with Gasteiger partial charge in [-0.1, -0.05) is 35.2 Å². The van der Waals surface area contributed by atoms with Crippen molar-refractivity contribution in [3.63, 3.8) is 0 Å². The van der Waals surface area contributed by atoms with Crippen molar-refractivity contribution in [3.05, 3.63) is 23.2 Å². The zero-order chi connectivity index (χ0) is 14.2. The number of halogens is 1. The predicted molar refractivity (Wildman–Crippen MR) is 83.4 cm³/mol. The van der Waals surface area contributed by atoms with Gasteiger partial charge in [0.2, 0.25) is 10.0 Å². The SMILES string of the molecule is CC(C(N)=S)S(=O)(=O)Nc1nc2ccc(Cl)cc2s1. The summed E-state index contributed by atoms with van der Waals surface area (Å²) < 4.78 is 27.1. The standard InChI is InChI=1S/C10H10ClN3O2S3/c1-5(9(12)17)19(15,16)14-10-13-7-3-2-6(11)4-8(7)18-10/h2-5H,1H3,(H2,12,17)(H,13,14). The normalized spacial score (nSPS) is 13.4. The monoisotopic (exact) mass is 335 g/mol. The minimum absolute atomic E-state index is 0.0864. The van der Waals surface area contributed by atoms with E-state index in [9.17, 15) is 8.42 Å². The Hall–Kier alpha value is -0.960. The van der Waals surface area contributed by atoms with Crippen molar-refractivity contribution in [1.82, 2.24) is 4.98 Å². The quantitative estimate of drug-likeness (QED) is 0.838. The molecule has 0 saturated carbocycles. The fourth-order valence-corrected chi connectivity index (χ4v) is 3.97. The third kappa shape index (κ3) is 3.14. The number of aromatic nitrogens is 1. The third-order valence-electron chi connectivity index (χ3n) is 2.45. The van der Waals surface area contributed by atoms with Crippen LogP contribution < -0.4 is 10.5 Å². The summed E-state index contributed by atoms with van der Waals surface area (Å²) in [7, 11) is -3.67. The van der Waals surface area contributed by atoms with E-state index in [-0.39, 0.29) is 10.1 Å². The van der Waals surface area contributed by atoms with Gasteiger partial charge in [0.05, 0.1) is 15.2 Å². The molecule has 0 aliphatic rings. The molecule has 3 N–H and O–H groups in total. The van der Waals surface area contributed by atoms with E-state index in [4.69, 9.17) is 17.3 Å². The molecule has 0 bridgehead atoms. The molecule has 0 saturated heterocycles. The molecule has 2 rings (SSSR count). The summed E-state index contributed by atoms with van der Waals surface area (Å²) in [6.45, 7) is 1.43. The van der Waals surface area contributed by atoms with Crippen LogP contribution in [0.25, 0.3) is 10.2 Å². The molecule has 0 spiro atoms. The topological polar surface area (TPSA) is 85.1 Å². The molecule has 2 aromatic rings. The molecule has 19 heavy (non-hydrogen) atoms. The van der Waals surface area contributed by atoms with E-state index in [1.807, 2.05) is 0 Å². The van der Waals surface area contributed by atoms with Crippen LogP contribution in [-0.2, 0) is 10.0 Å². The summed E-state index contributed by atoms with van der Waals surface area (Å²) in [6, 6.07) is 5.14. The summed E-state index contributed by atoms with van der Waals surface area (Å²) in [4.78, 5) is 4.08. The van der Waals surface area contributed by atoms with E-state index >= 15 is 0 Å². The second kappa shape index (κ2) is 5.20. The first-order chi connectivity index (χ1) is 8.79. The number of benzene rings is 1. The number of sulfonamides is 1. The Labute approximate surface area is 124 Å². The molecule has 1 aromatic heterocycles. The lowest BCUT2D eigenvalue weighted by atomic mass is 10.3. The van der Waals surface area contributed by atoms with Crippen molar-refractivity contribution in [2.45, 2.75) is 12.2 Å². The van der Waals surface area contributed by atoms with Gasteiger partial charge in [0.1, 0.15) is 5.25 Å². The van der Waals surface area contributed by atoms with E-state index in [1.165, 1.54) is 18.3 Å². The summed E-state index contributed by atoms with van der Waals surface area (Å²) in [6.07, 6.45) is 0. The number of nitrogens with zero attached hydrogens (tertiary/aromatic N) is 1. The average molecular weight is 336 g/mol. The van der Waals surface area contributed by atoms with Crippen LogP contribution in [0.15, 0.2) is 18.2 Å². The number of fused-ring (bicyclic) bond motifs is 1. The minimum atomic E-state index is -3.67. The van der Waals surface area contributed by atoms with Crippen LogP contribution in [0.3, 0.4) is 0 Å². The molecule has 0 amide bonds. The van der Waals surface area contributed by atoms with Crippen molar-refractivity contribution >= 4 is 65.5 Å². The number of anilines is 1. The Kier molecular flexibility index (Phi) is 3.95. The smallest absolute Gasteiger partial charge is 0.243 e. The molecular weight excluding hydrogens is 326 g/mol. The lowest BCUT2D eigenvalue weighted by molar-refractivity contribution is 0.598. The van der Waals surface area contributed by atoms with Crippen LogP contribution >= 0.6 is 35.2 Å². The van der Waals surface area contributed by atoms with Crippen LogP contribution in [0, 0.1) is 0 Å². The van der Waals surface area contributed by atoms with Gasteiger partial charge in [-0.2, -0.15) is 0 Å². The Bertz CT molecular complexity index is 742. The first-order valence-electron chi connectivity index (χ1n) is 5.16. The number of thiocarbonyl (C=S) groups is 1. The molecule has 102 valence electrons. The van der Waals surface area contributed by atoms with Crippen molar-refractivity contribution in [2.75, 3.05) is 4.72 Å². The number of hydrogen-bond donors (Lipinski definition) is 2. The molecule has 1 unspecified atom stereocenters. The Morgan fingerprint density at radius 1 is 1.58 bits per heavy atom. The van der Waals surface area contributed by atoms with E-state index in [2.05, 4.69) is 21.9 Å². The van der Waals surface area contributed by atoms with Gasteiger partial charge < -0.3 is 5.73 Å². The molecule has 9 heteroatoms. The second-order valence-electron chi connectivity index (χ2n) is 3.82. The summed E-state index contributed by atoms with van der Waals surface area (Å²) >= 11 is 11.7. The zero-order valence-corrected chi connectivity index (χ0v) is 13.0. The second-order valence-corrected chi connectivity index (χ2v) is 7.76. The Morgan fingerprint density at radius 3 is 2.89 bits per heavy atom. The minimum Gasteiger partial charge on any atom is -0.392 e. The zero-order valence-electron chi connectivity index (χ0n) is 9.75. The van der Waals surface area contributed by atoms with E-state index in [0.717, 1.165) is 4.70 Å². The highest BCUT2D eigenvalue weighted by atomic mass is 35.5. The third-order valence-corrected chi connectivity index (χ3v) is 5.91. The number of rotatable bonds is 4. The fraction of sp³-hybridized carbons (Fsp3) is 0.200. The molecule has 0 aliphatic heterocycles. The van der Waals surface area contributed by atoms with Gasteiger partial charge in [-0.25, -0.2) is 13.4 Å². The van der Waals surface area contributed by atoms with Crippen LogP contribution in [-0.4, -0.2) is 23.6 Å². The molecule has 5 nitrogen and oxygen atoms in total. The Balaban J connectivity index is 2.34. The van der Waals surface area contributed by atoms with E-state index in [1.54, 1.807) is 18.2 Å². The Morgan fingerprint density at radius 2 is 2.26 bits per heavy atom.